The first-order chi connectivity index (χ1) is 13.7. The number of carbonyl (C=O) groups is 1. The number of piperazine rings is 1. The van der Waals surface area contributed by atoms with Gasteiger partial charge in [0.1, 0.15) is 5.75 Å². The maximum atomic E-state index is 12.9. The van der Waals surface area contributed by atoms with Crippen LogP contribution in [-0.2, 0) is 17.8 Å². The first-order valence-corrected chi connectivity index (χ1v) is 9.42. The summed E-state index contributed by atoms with van der Waals surface area (Å²) in [7, 11) is 1.64. The van der Waals surface area contributed by atoms with Crippen LogP contribution in [0, 0.1) is 0 Å². The third-order valence-corrected chi connectivity index (χ3v) is 5.16. The summed E-state index contributed by atoms with van der Waals surface area (Å²) in [4.78, 5) is 24.3. The number of hydrogen-bond donors (Lipinski definition) is 1. The average molecular weight is 376 g/mol. The Morgan fingerprint density at radius 2 is 2.04 bits per heavy atom. The van der Waals surface area contributed by atoms with Crippen LogP contribution < -0.4 is 9.64 Å². The van der Waals surface area contributed by atoms with E-state index in [1.807, 2.05) is 41.4 Å². The number of anilines is 1. The smallest absolute Gasteiger partial charge is 0.241 e. The molecule has 6 nitrogen and oxygen atoms in total. The van der Waals surface area contributed by atoms with Gasteiger partial charge in [0.05, 0.1) is 20.0 Å². The zero-order valence-corrected chi connectivity index (χ0v) is 15.9. The molecule has 1 aliphatic rings. The second kappa shape index (κ2) is 8.27. The number of hydrogen-bond acceptors (Lipinski definition) is 4. The molecule has 1 atom stereocenters. The molecule has 1 fully saturated rings. The monoisotopic (exact) mass is 376 g/mol. The first-order valence-electron chi connectivity index (χ1n) is 9.42. The van der Waals surface area contributed by atoms with Crippen LogP contribution in [0.25, 0.3) is 0 Å². The summed E-state index contributed by atoms with van der Waals surface area (Å²) in [6, 6.07) is 18.3. The van der Waals surface area contributed by atoms with E-state index in [0.29, 0.717) is 19.6 Å². The van der Waals surface area contributed by atoms with E-state index < -0.39 is 0 Å². The van der Waals surface area contributed by atoms with Gasteiger partial charge in [-0.2, -0.15) is 0 Å². The molecule has 2 heterocycles. The number of H-pyrrole nitrogens is 1. The zero-order chi connectivity index (χ0) is 19.3. The lowest BCUT2D eigenvalue weighted by molar-refractivity contribution is -0.122. The van der Waals surface area contributed by atoms with Crippen LogP contribution in [0.5, 0.6) is 5.75 Å². The molecule has 3 aromatic rings. The Morgan fingerprint density at radius 1 is 1.18 bits per heavy atom. The molecule has 0 aliphatic carbocycles. The topological polar surface area (TPSA) is 61.5 Å². The van der Waals surface area contributed by atoms with Crippen molar-refractivity contribution in [3.05, 3.63) is 78.4 Å². The summed E-state index contributed by atoms with van der Waals surface area (Å²) >= 11 is 0. The van der Waals surface area contributed by atoms with Crippen LogP contribution in [0.3, 0.4) is 0 Å². The van der Waals surface area contributed by atoms with Crippen LogP contribution in [0.4, 0.5) is 5.69 Å². The SMILES string of the molecule is COc1cccc(N2CC(Cc3ccccc3)N(Cc3cnc[nH]3)CC2=O)c1. The summed E-state index contributed by atoms with van der Waals surface area (Å²) in [5.41, 5.74) is 3.16. The fraction of sp³-hybridized carbons (Fsp3) is 0.273. The van der Waals surface area contributed by atoms with Crippen LogP contribution in [-0.4, -0.2) is 47.0 Å². The second-order valence-electron chi connectivity index (χ2n) is 7.03. The van der Waals surface area contributed by atoms with Crippen molar-refractivity contribution in [2.45, 2.75) is 19.0 Å². The van der Waals surface area contributed by atoms with E-state index in [0.717, 1.165) is 23.6 Å². The first kappa shape index (κ1) is 18.3. The molecule has 4 rings (SSSR count). The molecule has 1 aromatic heterocycles. The Morgan fingerprint density at radius 3 is 2.79 bits per heavy atom. The average Bonchev–Trinajstić information content (AvgIpc) is 3.24. The Bertz CT molecular complexity index is 911. The molecule has 1 unspecified atom stereocenters. The van der Waals surface area contributed by atoms with Gasteiger partial charge in [0.2, 0.25) is 5.91 Å². The molecular weight excluding hydrogens is 352 g/mol. The number of nitrogens with one attached hydrogen (secondary N) is 1. The Hall–Kier alpha value is -3.12. The molecule has 1 saturated heterocycles. The summed E-state index contributed by atoms with van der Waals surface area (Å²) in [6.45, 7) is 1.68. The normalized spacial score (nSPS) is 17.7. The van der Waals surface area contributed by atoms with Crippen molar-refractivity contribution in [3.8, 4) is 5.75 Å². The summed E-state index contributed by atoms with van der Waals surface area (Å²) < 4.78 is 5.34. The number of ether oxygens (including phenoxy) is 1. The molecule has 1 amide bonds. The van der Waals surface area contributed by atoms with Gasteiger partial charge in [-0.05, 0) is 24.1 Å². The van der Waals surface area contributed by atoms with Crippen molar-refractivity contribution in [2.75, 3.05) is 25.1 Å². The molecule has 2 aromatic carbocycles. The van der Waals surface area contributed by atoms with Gasteiger partial charge in [-0.15, -0.1) is 0 Å². The fourth-order valence-electron chi connectivity index (χ4n) is 3.70. The molecule has 0 radical (unpaired) electrons. The van der Waals surface area contributed by atoms with E-state index >= 15 is 0 Å². The standard InChI is InChI=1S/C22H24N4O2/c1-28-21-9-5-8-19(11-21)26-14-20(10-17-6-3-2-4-7-17)25(15-22(26)27)13-18-12-23-16-24-18/h2-9,11-12,16,20H,10,13-15H2,1H3,(H,23,24). The van der Waals surface area contributed by atoms with E-state index in [1.165, 1.54) is 5.56 Å². The predicted octanol–water partition coefficient (Wildman–Crippen LogP) is 2.88. The minimum atomic E-state index is 0.0945. The Balaban J connectivity index is 1.59. The van der Waals surface area contributed by atoms with Gasteiger partial charge in [0.25, 0.3) is 0 Å². The highest BCUT2D eigenvalue weighted by Crippen LogP contribution is 2.26. The van der Waals surface area contributed by atoms with E-state index in [1.54, 1.807) is 13.4 Å². The Labute approximate surface area is 164 Å². The molecule has 0 bridgehead atoms. The zero-order valence-electron chi connectivity index (χ0n) is 15.9. The van der Waals surface area contributed by atoms with Gasteiger partial charge in [-0.1, -0.05) is 36.4 Å². The molecule has 1 N–H and O–H groups in total. The number of nitrogens with zero attached hydrogens (tertiary/aromatic N) is 3. The predicted molar refractivity (Wildman–Crippen MR) is 108 cm³/mol. The molecule has 0 saturated carbocycles. The minimum Gasteiger partial charge on any atom is -0.497 e. The van der Waals surface area contributed by atoms with Crippen molar-refractivity contribution in [1.29, 1.82) is 0 Å². The number of carbonyl (C=O) groups excluding carboxylic acids is 1. The molecule has 1 aliphatic heterocycles. The van der Waals surface area contributed by atoms with Gasteiger partial charge in [-0.25, -0.2) is 4.98 Å². The number of benzene rings is 2. The largest absolute Gasteiger partial charge is 0.497 e. The number of methoxy groups -OCH3 is 1. The second-order valence-corrected chi connectivity index (χ2v) is 7.03. The number of aromatic nitrogens is 2. The van der Waals surface area contributed by atoms with Crippen LogP contribution in [0.1, 0.15) is 11.3 Å². The van der Waals surface area contributed by atoms with Crippen molar-refractivity contribution in [3.63, 3.8) is 0 Å². The van der Waals surface area contributed by atoms with E-state index in [4.69, 9.17) is 4.74 Å². The summed E-state index contributed by atoms with van der Waals surface area (Å²) in [5, 5.41) is 0. The highest BCUT2D eigenvalue weighted by atomic mass is 16.5. The van der Waals surface area contributed by atoms with Crippen molar-refractivity contribution >= 4 is 11.6 Å². The molecule has 0 spiro atoms. The van der Waals surface area contributed by atoms with Gasteiger partial charge >= 0.3 is 0 Å². The Kier molecular flexibility index (Phi) is 5.39. The third kappa shape index (κ3) is 4.07. The number of rotatable bonds is 6. The maximum absolute atomic E-state index is 12.9. The lowest BCUT2D eigenvalue weighted by Gasteiger charge is -2.41. The lowest BCUT2D eigenvalue weighted by Crippen LogP contribution is -2.56. The summed E-state index contributed by atoms with van der Waals surface area (Å²) in [5.74, 6) is 0.849. The highest BCUT2D eigenvalue weighted by molar-refractivity contribution is 5.95. The molecule has 6 heteroatoms. The van der Waals surface area contributed by atoms with Crippen LogP contribution >= 0.6 is 0 Å². The lowest BCUT2D eigenvalue weighted by atomic mass is 10.0. The fourth-order valence-corrected chi connectivity index (χ4v) is 3.70. The quantitative estimate of drug-likeness (QED) is 0.719. The molecule has 28 heavy (non-hydrogen) atoms. The van der Waals surface area contributed by atoms with Gasteiger partial charge < -0.3 is 14.6 Å². The van der Waals surface area contributed by atoms with Crippen molar-refractivity contribution in [1.82, 2.24) is 14.9 Å². The third-order valence-electron chi connectivity index (χ3n) is 5.16. The van der Waals surface area contributed by atoms with Crippen molar-refractivity contribution < 1.29 is 9.53 Å². The van der Waals surface area contributed by atoms with Crippen molar-refractivity contribution in [2.24, 2.45) is 0 Å². The highest BCUT2D eigenvalue weighted by Gasteiger charge is 2.33. The van der Waals surface area contributed by atoms with E-state index in [-0.39, 0.29) is 11.9 Å². The molecule has 144 valence electrons. The maximum Gasteiger partial charge on any atom is 0.241 e. The van der Waals surface area contributed by atoms with E-state index in [2.05, 4.69) is 39.1 Å². The molecular formula is C22H24N4O2. The van der Waals surface area contributed by atoms with E-state index in [9.17, 15) is 4.79 Å². The van der Waals surface area contributed by atoms with Gasteiger partial charge in [-0.3, -0.25) is 9.69 Å². The van der Waals surface area contributed by atoms with Crippen LogP contribution in [0.2, 0.25) is 0 Å². The number of amides is 1. The van der Waals surface area contributed by atoms with Crippen LogP contribution in [0.15, 0.2) is 67.1 Å². The number of aromatic amines is 1. The minimum absolute atomic E-state index is 0.0945. The van der Waals surface area contributed by atoms with Gasteiger partial charge in [0.15, 0.2) is 0 Å². The number of imidazole rings is 1. The van der Waals surface area contributed by atoms with Gasteiger partial charge in [0, 0.05) is 42.8 Å². The summed E-state index contributed by atoms with van der Waals surface area (Å²) in [6.07, 6.45) is 4.37.